The van der Waals surface area contributed by atoms with E-state index in [4.69, 9.17) is 5.11 Å². The highest BCUT2D eigenvalue weighted by Gasteiger charge is 2.00. The van der Waals surface area contributed by atoms with Crippen molar-refractivity contribution in [3.05, 3.63) is 48.2 Å². The van der Waals surface area contributed by atoms with E-state index in [0.717, 1.165) is 11.6 Å². The fourth-order valence-corrected chi connectivity index (χ4v) is 1.10. The Bertz CT molecular complexity index is 319. The van der Waals surface area contributed by atoms with Crippen molar-refractivity contribution >= 4 is 5.97 Å². The average Bonchev–Trinajstić information content (AvgIpc) is 2.18. The molecule has 0 amide bonds. The van der Waals surface area contributed by atoms with E-state index in [2.05, 4.69) is 5.32 Å². The lowest BCUT2D eigenvalue weighted by Gasteiger charge is -2.11. The van der Waals surface area contributed by atoms with Crippen LogP contribution in [-0.4, -0.2) is 11.1 Å². The summed E-state index contributed by atoms with van der Waals surface area (Å²) in [7, 11) is 0. The van der Waals surface area contributed by atoms with Gasteiger partial charge in [0, 0.05) is 18.3 Å². The van der Waals surface area contributed by atoms with E-state index >= 15 is 0 Å². The van der Waals surface area contributed by atoms with Crippen LogP contribution in [-0.2, 0) is 4.79 Å². The monoisotopic (exact) mass is 191 g/mol. The lowest BCUT2D eigenvalue weighted by Crippen LogP contribution is -2.11. The van der Waals surface area contributed by atoms with Crippen LogP contribution >= 0.6 is 0 Å². The number of benzene rings is 1. The predicted molar refractivity (Wildman–Crippen MR) is 54.8 cm³/mol. The molecule has 0 heterocycles. The molecule has 0 bridgehead atoms. The van der Waals surface area contributed by atoms with Gasteiger partial charge in [0.1, 0.15) is 0 Å². The number of aliphatic carboxylic acids is 1. The highest BCUT2D eigenvalue weighted by atomic mass is 16.4. The minimum atomic E-state index is -0.947. The van der Waals surface area contributed by atoms with Crippen molar-refractivity contribution < 1.29 is 9.90 Å². The number of nitrogens with one attached hydrogen (secondary N) is 1. The van der Waals surface area contributed by atoms with Gasteiger partial charge < -0.3 is 10.4 Å². The molecule has 0 aromatic heterocycles. The minimum Gasteiger partial charge on any atom is -0.478 e. The first-order valence-electron chi connectivity index (χ1n) is 4.40. The number of carboxylic acids is 1. The molecule has 0 saturated heterocycles. The van der Waals surface area contributed by atoms with Crippen LogP contribution in [0.2, 0.25) is 0 Å². The highest BCUT2D eigenvalue weighted by Crippen LogP contribution is 2.10. The maximum Gasteiger partial charge on any atom is 0.329 e. The number of hydrogen-bond acceptors (Lipinski definition) is 2. The summed E-state index contributed by atoms with van der Waals surface area (Å²) in [6.07, 6.45) is 2.53. The molecule has 14 heavy (non-hydrogen) atoms. The number of rotatable bonds is 4. The lowest BCUT2D eigenvalue weighted by atomic mass is 10.1. The van der Waals surface area contributed by atoms with Crippen LogP contribution in [0.15, 0.2) is 42.6 Å². The summed E-state index contributed by atoms with van der Waals surface area (Å²) in [5, 5.41) is 11.3. The normalized spacial score (nSPS) is 12.6. The van der Waals surface area contributed by atoms with Crippen LogP contribution in [0.4, 0.5) is 0 Å². The molecular formula is C11H13NO2. The quantitative estimate of drug-likeness (QED) is 0.715. The summed E-state index contributed by atoms with van der Waals surface area (Å²) in [5.41, 5.74) is 1.13. The first kappa shape index (κ1) is 10.3. The zero-order valence-corrected chi connectivity index (χ0v) is 7.97. The second kappa shape index (κ2) is 5.07. The second-order valence-electron chi connectivity index (χ2n) is 2.97. The van der Waals surface area contributed by atoms with E-state index in [-0.39, 0.29) is 6.04 Å². The molecular weight excluding hydrogens is 178 g/mol. The van der Waals surface area contributed by atoms with E-state index in [1.807, 2.05) is 37.3 Å². The maximum atomic E-state index is 10.2. The minimum absolute atomic E-state index is 0.117. The van der Waals surface area contributed by atoms with Crippen molar-refractivity contribution in [2.24, 2.45) is 0 Å². The van der Waals surface area contributed by atoms with Crippen molar-refractivity contribution in [2.75, 3.05) is 0 Å². The van der Waals surface area contributed by atoms with Gasteiger partial charge in [0.05, 0.1) is 0 Å². The molecule has 0 aliphatic carbocycles. The van der Waals surface area contributed by atoms with Crippen LogP contribution in [0.5, 0.6) is 0 Å². The van der Waals surface area contributed by atoms with Gasteiger partial charge in [-0.15, -0.1) is 0 Å². The summed E-state index contributed by atoms with van der Waals surface area (Å²) in [6, 6.07) is 9.96. The van der Waals surface area contributed by atoms with Gasteiger partial charge >= 0.3 is 5.97 Å². The van der Waals surface area contributed by atoms with Crippen LogP contribution in [0.3, 0.4) is 0 Å². The van der Waals surface area contributed by atoms with Gasteiger partial charge in [-0.2, -0.15) is 0 Å². The van der Waals surface area contributed by atoms with Crippen LogP contribution in [0.1, 0.15) is 18.5 Å². The standard InChI is InChI=1S/C11H13NO2/c1-9(12-8-7-11(13)14)10-5-3-2-4-6-10/h2-9,12H,1H3,(H,13,14)/b8-7+. The fourth-order valence-electron chi connectivity index (χ4n) is 1.10. The van der Waals surface area contributed by atoms with E-state index in [1.165, 1.54) is 6.20 Å². The molecule has 1 rings (SSSR count). The summed E-state index contributed by atoms with van der Waals surface area (Å²) >= 11 is 0. The molecule has 0 aliphatic heterocycles. The third kappa shape index (κ3) is 3.31. The SMILES string of the molecule is CC(N/C=C/C(=O)O)c1ccccc1. The molecule has 74 valence electrons. The van der Waals surface area contributed by atoms with E-state index in [9.17, 15) is 4.79 Å². The molecule has 3 heteroatoms. The van der Waals surface area contributed by atoms with Crippen molar-refractivity contribution in [1.29, 1.82) is 0 Å². The predicted octanol–water partition coefficient (Wildman–Crippen LogP) is 1.94. The molecule has 1 aromatic rings. The summed E-state index contributed by atoms with van der Waals surface area (Å²) in [6.45, 7) is 1.97. The van der Waals surface area contributed by atoms with Gasteiger partial charge in [0.2, 0.25) is 0 Å². The Morgan fingerprint density at radius 1 is 1.43 bits per heavy atom. The van der Waals surface area contributed by atoms with Crippen molar-refractivity contribution in [3.8, 4) is 0 Å². The Kier molecular flexibility index (Phi) is 3.73. The number of carboxylic acid groups (broad SMARTS) is 1. The molecule has 0 aliphatic rings. The van der Waals surface area contributed by atoms with Gasteiger partial charge in [-0.05, 0) is 12.5 Å². The van der Waals surface area contributed by atoms with Gasteiger partial charge in [-0.1, -0.05) is 30.3 Å². The Hall–Kier alpha value is -1.77. The summed E-state index contributed by atoms with van der Waals surface area (Å²) in [5.74, 6) is -0.947. The molecule has 2 N–H and O–H groups in total. The molecule has 0 spiro atoms. The molecule has 1 aromatic carbocycles. The highest BCUT2D eigenvalue weighted by molar-refractivity contribution is 5.79. The molecule has 1 atom stereocenters. The van der Waals surface area contributed by atoms with Crippen molar-refractivity contribution in [1.82, 2.24) is 5.32 Å². The van der Waals surface area contributed by atoms with Crippen molar-refractivity contribution in [2.45, 2.75) is 13.0 Å². The number of carbonyl (C=O) groups is 1. The lowest BCUT2D eigenvalue weighted by molar-refractivity contribution is -0.131. The first-order valence-corrected chi connectivity index (χ1v) is 4.40. The van der Waals surface area contributed by atoms with E-state index < -0.39 is 5.97 Å². The Labute approximate surface area is 83.1 Å². The smallest absolute Gasteiger partial charge is 0.329 e. The first-order chi connectivity index (χ1) is 6.70. The topological polar surface area (TPSA) is 49.3 Å². The summed E-state index contributed by atoms with van der Waals surface area (Å²) in [4.78, 5) is 10.2. The van der Waals surface area contributed by atoms with Crippen LogP contribution in [0, 0.1) is 0 Å². The zero-order valence-electron chi connectivity index (χ0n) is 7.97. The maximum absolute atomic E-state index is 10.2. The number of hydrogen-bond donors (Lipinski definition) is 2. The van der Waals surface area contributed by atoms with Gasteiger partial charge in [-0.3, -0.25) is 0 Å². The molecule has 0 radical (unpaired) electrons. The van der Waals surface area contributed by atoms with Gasteiger partial charge in [0.25, 0.3) is 0 Å². The molecule has 0 saturated carbocycles. The Morgan fingerprint density at radius 3 is 2.64 bits per heavy atom. The van der Waals surface area contributed by atoms with Crippen LogP contribution < -0.4 is 5.32 Å². The van der Waals surface area contributed by atoms with E-state index in [0.29, 0.717) is 0 Å². The van der Waals surface area contributed by atoms with E-state index in [1.54, 1.807) is 0 Å². The van der Waals surface area contributed by atoms with Gasteiger partial charge in [-0.25, -0.2) is 4.79 Å². The zero-order chi connectivity index (χ0) is 10.4. The summed E-state index contributed by atoms with van der Waals surface area (Å²) < 4.78 is 0. The Morgan fingerprint density at radius 2 is 2.07 bits per heavy atom. The third-order valence-electron chi connectivity index (χ3n) is 1.87. The largest absolute Gasteiger partial charge is 0.478 e. The Balaban J connectivity index is 2.51. The molecule has 0 fully saturated rings. The fraction of sp³-hybridized carbons (Fsp3) is 0.182. The van der Waals surface area contributed by atoms with Gasteiger partial charge in [0.15, 0.2) is 0 Å². The third-order valence-corrected chi connectivity index (χ3v) is 1.87. The molecule has 3 nitrogen and oxygen atoms in total. The molecule has 1 unspecified atom stereocenters. The average molecular weight is 191 g/mol. The van der Waals surface area contributed by atoms with Crippen LogP contribution in [0.25, 0.3) is 0 Å². The van der Waals surface area contributed by atoms with Crippen molar-refractivity contribution in [3.63, 3.8) is 0 Å². The second-order valence-corrected chi connectivity index (χ2v) is 2.97.